The molecule has 3 rings (SSSR count). The predicted octanol–water partition coefficient (Wildman–Crippen LogP) is 4.12. The van der Waals surface area contributed by atoms with Crippen molar-refractivity contribution in [3.63, 3.8) is 0 Å². The number of nitrogens with one attached hydrogen (secondary N) is 1. The minimum atomic E-state index is -0.267. The molecule has 1 aromatic carbocycles. The van der Waals surface area contributed by atoms with Crippen molar-refractivity contribution < 1.29 is 9.18 Å². The van der Waals surface area contributed by atoms with Crippen LogP contribution in [0.15, 0.2) is 41.0 Å². The summed E-state index contributed by atoms with van der Waals surface area (Å²) in [4.78, 5) is 21.3. The van der Waals surface area contributed by atoms with E-state index in [2.05, 4.69) is 15.3 Å². The summed E-state index contributed by atoms with van der Waals surface area (Å²) in [6.07, 6.45) is 2.42. The molecule has 0 saturated carbocycles. The van der Waals surface area contributed by atoms with E-state index in [1.807, 2.05) is 12.3 Å². The van der Waals surface area contributed by atoms with E-state index in [9.17, 15) is 9.18 Å². The minimum absolute atomic E-state index is 0.00725. The highest BCUT2D eigenvalue weighted by Crippen LogP contribution is 2.37. The van der Waals surface area contributed by atoms with Crippen molar-refractivity contribution in [1.29, 1.82) is 0 Å². The molecule has 1 N–H and O–H groups in total. The Morgan fingerprint density at radius 2 is 2.08 bits per heavy atom. The summed E-state index contributed by atoms with van der Waals surface area (Å²) in [5.41, 5.74) is 1.88. The molecular formula is C17H16FN3OS2. The first-order chi connectivity index (χ1) is 11.7. The fourth-order valence-corrected chi connectivity index (χ4v) is 4.07. The molecule has 0 fully saturated rings. The monoisotopic (exact) mass is 361 g/mol. The van der Waals surface area contributed by atoms with Crippen molar-refractivity contribution in [2.45, 2.75) is 18.4 Å². The number of carbonyl (C=O) groups is 1. The maximum atomic E-state index is 13.2. The third kappa shape index (κ3) is 3.73. The van der Waals surface area contributed by atoms with Gasteiger partial charge in [0.15, 0.2) is 0 Å². The molecule has 4 nitrogen and oxygen atoms in total. The molecule has 2 aromatic heterocycles. The quantitative estimate of drug-likeness (QED) is 0.530. The zero-order chi connectivity index (χ0) is 16.9. The minimum Gasteiger partial charge on any atom is -0.355 e. The van der Waals surface area contributed by atoms with E-state index >= 15 is 0 Å². The first kappa shape index (κ1) is 16.9. The van der Waals surface area contributed by atoms with Crippen molar-refractivity contribution in [1.82, 2.24) is 15.3 Å². The summed E-state index contributed by atoms with van der Waals surface area (Å²) in [5.74, 6) is 0.0362. The molecule has 0 aliphatic carbocycles. The van der Waals surface area contributed by atoms with Gasteiger partial charge in [-0.1, -0.05) is 30.8 Å². The molecule has 0 radical (unpaired) electrons. The largest absolute Gasteiger partial charge is 0.355 e. The second kappa shape index (κ2) is 7.72. The number of rotatable bonds is 6. The van der Waals surface area contributed by atoms with Crippen LogP contribution in [0.5, 0.6) is 0 Å². The van der Waals surface area contributed by atoms with Gasteiger partial charge in [0.2, 0.25) is 5.91 Å². The number of thioether (sulfide) groups is 1. The number of nitrogens with zero attached hydrogens (tertiary/aromatic N) is 2. The van der Waals surface area contributed by atoms with Crippen LogP contribution < -0.4 is 5.32 Å². The van der Waals surface area contributed by atoms with Gasteiger partial charge in [0, 0.05) is 17.5 Å². The van der Waals surface area contributed by atoms with Crippen molar-refractivity contribution in [2.75, 3.05) is 12.3 Å². The smallest absolute Gasteiger partial charge is 0.230 e. The summed E-state index contributed by atoms with van der Waals surface area (Å²) in [6, 6.07) is 6.36. The van der Waals surface area contributed by atoms with Crippen molar-refractivity contribution >= 4 is 39.2 Å². The van der Waals surface area contributed by atoms with Crippen LogP contribution in [0.4, 0.5) is 4.39 Å². The molecule has 0 unspecified atom stereocenters. The van der Waals surface area contributed by atoms with Gasteiger partial charge in [0.25, 0.3) is 0 Å². The lowest BCUT2D eigenvalue weighted by atomic mass is 10.1. The van der Waals surface area contributed by atoms with E-state index in [1.165, 1.54) is 41.6 Å². The average Bonchev–Trinajstić information content (AvgIpc) is 3.03. The number of carbonyl (C=O) groups excluding carboxylic acids is 1. The number of fused-ring (bicyclic) bond motifs is 1. The second-order valence-electron chi connectivity index (χ2n) is 5.15. The number of thiophene rings is 1. The first-order valence-corrected chi connectivity index (χ1v) is 9.43. The number of amides is 1. The molecule has 0 aliphatic rings. The van der Waals surface area contributed by atoms with Crippen LogP contribution in [-0.2, 0) is 4.79 Å². The normalized spacial score (nSPS) is 10.9. The fourth-order valence-electron chi connectivity index (χ4n) is 2.25. The maximum absolute atomic E-state index is 13.2. The number of hydrogen-bond acceptors (Lipinski definition) is 5. The summed E-state index contributed by atoms with van der Waals surface area (Å²) in [7, 11) is 0. The van der Waals surface area contributed by atoms with Gasteiger partial charge < -0.3 is 5.32 Å². The van der Waals surface area contributed by atoms with Crippen LogP contribution in [0.25, 0.3) is 21.3 Å². The number of hydrogen-bond donors (Lipinski definition) is 1. The van der Waals surface area contributed by atoms with E-state index in [0.717, 1.165) is 32.8 Å². The van der Waals surface area contributed by atoms with E-state index in [-0.39, 0.29) is 11.7 Å². The zero-order valence-electron chi connectivity index (χ0n) is 13.1. The van der Waals surface area contributed by atoms with Crippen molar-refractivity contribution in [3.8, 4) is 11.1 Å². The van der Waals surface area contributed by atoms with Gasteiger partial charge in [-0.2, -0.15) is 0 Å². The Kier molecular flexibility index (Phi) is 5.42. The molecule has 0 spiro atoms. The topological polar surface area (TPSA) is 54.9 Å². The Morgan fingerprint density at radius 1 is 1.29 bits per heavy atom. The highest BCUT2D eigenvalue weighted by atomic mass is 32.2. The molecule has 7 heteroatoms. The van der Waals surface area contributed by atoms with E-state index in [4.69, 9.17) is 0 Å². The standard InChI is InChI=1S/C17H16FN3OS2/c1-2-7-19-14(22)9-24-17-15-13(8-23-16(15)20-10-21-17)11-3-5-12(18)6-4-11/h3-6,8,10H,2,7,9H2,1H3,(H,19,22). The molecule has 1 amide bonds. The van der Waals surface area contributed by atoms with Crippen molar-refractivity contribution in [3.05, 3.63) is 41.8 Å². The Labute approximate surface area is 147 Å². The first-order valence-electron chi connectivity index (χ1n) is 7.56. The molecule has 24 heavy (non-hydrogen) atoms. The third-order valence-electron chi connectivity index (χ3n) is 3.40. The van der Waals surface area contributed by atoms with Gasteiger partial charge in [-0.25, -0.2) is 14.4 Å². The second-order valence-corrected chi connectivity index (χ2v) is 6.98. The summed E-state index contributed by atoms with van der Waals surface area (Å²) in [5, 5.41) is 6.54. The fraction of sp³-hybridized carbons (Fsp3) is 0.235. The molecular weight excluding hydrogens is 345 g/mol. The molecule has 0 saturated heterocycles. The lowest BCUT2D eigenvalue weighted by Gasteiger charge is -2.06. The third-order valence-corrected chi connectivity index (χ3v) is 5.28. The Hall–Kier alpha value is -1.99. The highest BCUT2D eigenvalue weighted by Gasteiger charge is 2.14. The van der Waals surface area contributed by atoms with Crippen LogP contribution in [0.2, 0.25) is 0 Å². The number of halogens is 1. The molecule has 3 aromatic rings. The number of benzene rings is 1. The molecule has 124 valence electrons. The average molecular weight is 361 g/mol. The zero-order valence-corrected chi connectivity index (χ0v) is 14.7. The van der Waals surface area contributed by atoms with Gasteiger partial charge in [-0.15, -0.1) is 11.3 Å². The maximum Gasteiger partial charge on any atom is 0.230 e. The van der Waals surface area contributed by atoms with Gasteiger partial charge in [0.05, 0.1) is 11.1 Å². The SMILES string of the molecule is CCCNC(=O)CSc1ncnc2scc(-c3ccc(F)cc3)c12. The number of aromatic nitrogens is 2. The Balaban J connectivity index is 1.90. The van der Waals surface area contributed by atoms with Crippen molar-refractivity contribution in [2.24, 2.45) is 0 Å². The van der Waals surface area contributed by atoms with Crippen LogP contribution >= 0.6 is 23.1 Å². The summed E-state index contributed by atoms with van der Waals surface area (Å²) >= 11 is 2.91. The highest BCUT2D eigenvalue weighted by molar-refractivity contribution is 8.00. The predicted molar refractivity (Wildman–Crippen MR) is 96.8 cm³/mol. The molecule has 2 heterocycles. The van der Waals surface area contributed by atoms with Gasteiger partial charge in [-0.05, 0) is 24.1 Å². The summed E-state index contributed by atoms with van der Waals surface area (Å²) in [6.45, 7) is 2.69. The van der Waals surface area contributed by atoms with Crippen LogP contribution in [-0.4, -0.2) is 28.2 Å². The van der Waals surface area contributed by atoms with E-state index in [0.29, 0.717) is 12.3 Å². The molecule has 0 bridgehead atoms. The molecule has 0 aliphatic heterocycles. The van der Waals surface area contributed by atoms with E-state index in [1.54, 1.807) is 12.1 Å². The van der Waals surface area contributed by atoms with E-state index < -0.39 is 0 Å². The Bertz CT molecular complexity index is 849. The van der Waals surface area contributed by atoms with Crippen LogP contribution in [0, 0.1) is 5.82 Å². The lowest BCUT2D eigenvalue weighted by molar-refractivity contribution is -0.118. The van der Waals surface area contributed by atoms with Gasteiger partial charge >= 0.3 is 0 Å². The van der Waals surface area contributed by atoms with Crippen LogP contribution in [0.3, 0.4) is 0 Å². The lowest BCUT2D eigenvalue weighted by Crippen LogP contribution is -2.25. The van der Waals surface area contributed by atoms with Crippen LogP contribution in [0.1, 0.15) is 13.3 Å². The Morgan fingerprint density at radius 3 is 2.83 bits per heavy atom. The molecule has 0 atom stereocenters. The summed E-state index contributed by atoms with van der Waals surface area (Å²) < 4.78 is 13.2. The van der Waals surface area contributed by atoms with Gasteiger partial charge in [-0.3, -0.25) is 4.79 Å². The van der Waals surface area contributed by atoms with Gasteiger partial charge in [0.1, 0.15) is 22.0 Å².